The third-order valence-corrected chi connectivity index (χ3v) is 5.09. The van der Waals surface area contributed by atoms with Crippen LogP contribution in [0.1, 0.15) is 31.4 Å². The summed E-state index contributed by atoms with van der Waals surface area (Å²) in [7, 11) is 6.72. The van der Waals surface area contributed by atoms with Crippen LogP contribution in [0.5, 0.6) is 0 Å². The van der Waals surface area contributed by atoms with Gasteiger partial charge in [-0.2, -0.15) is 0 Å². The zero-order valence-corrected chi connectivity index (χ0v) is 19.5. The Morgan fingerprint density at radius 1 is 0.767 bits per heavy atom. The van der Waals surface area contributed by atoms with Crippen LogP contribution >= 0.6 is 0 Å². The highest BCUT2D eigenvalue weighted by Crippen LogP contribution is 2.15. The summed E-state index contributed by atoms with van der Waals surface area (Å²) in [6, 6.07) is 13.1. The third kappa shape index (κ3) is 8.79. The predicted molar refractivity (Wildman–Crippen MR) is 131 cm³/mol. The first-order valence-electron chi connectivity index (χ1n) is 11.1. The number of pyridine rings is 1. The van der Waals surface area contributed by atoms with Crippen LogP contribution in [0.4, 0.5) is 5.69 Å². The molecule has 30 heavy (non-hydrogen) atoms. The Bertz CT molecular complexity index is 818. The molecule has 0 unspecified atom stereocenters. The molecule has 0 N–H and O–H groups in total. The fourth-order valence-electron chi connectivity index (χ4n) is 3.30. The van der Waals surface area contributed by atoms with E-state index in [1.165, 1.54) is 29.8 Å². The van der Waals surface area contributed by atoms with Crippen LogP contribution in [0.3, 0.4) is 0 Å². The molecule has 0 saturated heterocycles. The van der Waals surface area contributed by atoms with E-state index in [9.17, 15) is 0 Å². The number of hydrogen-bond acceptors (Lipinski definition) is 1. The Hall–Kier alpha value is -2.65. The van der Waals surface area contributed by atoms with Crippen molar-refractivity contribution in [3.63, 3.8) is 0 Å². The van der Waals surface area contributed by atoms with E-state index in [1.54, 1.807) is 0 Å². The fourth-order valence-corrected chi connectivity index (χ4v) is 3.30. The fraction of sp³-hybridized carbons (Fsp3) is 0.370. The van der Waals surface area contributed by atoms with E-state index < -0.39 is 0 Å². The molecule has 0 aliphatic carbocycles. The summed E-state index contributed by atoms with van der Waals surface area (Å²) in [4.78, 5) is 2.36. The lowest BCUT2D eigenvalue weighted by Gasteiger charge is -2.22. The second-order valence-electron chi connectivity index (χ2n) is 8.60. The summed E-state index contributed by atoms with van der Waals surface area (Å²) in [5.41, 5.74) is 3.73. The van der Waals surface area contributed by atoms with Gasteiger partial charge in [0.25, 0.3) is 0 Å². The van der Waals surface area contributed by atoms with E-state index in [2.05, 4.69) is 130 Å². The quantitative estimate of drug-likeness (QED) is 0.283. The summed E-state index contributed by atoms with van der Waals surface area (Å²) >= 11 is 0. The highest BCUT2D eigenvalue weighted by Gasteiger charge is 2.08. The van der Waals surface area contributed by atoms with E-state index >= 15 is 0 Å². The molecule has 0 aliphatic heterocycles. The summed E-state index contributed by atoms with van der Waals surface area (Å²) in [5, 5.41) is 0. The molecule has 3 heteroatoms. The molecule has 160 valence electrons. The van der Waals surface area contributed by atoms with Crippen LogP contribution in [0, 0.1) is 0 Å². The molecule has 2 rings (SSSR count). The van der Waals surface area contributed by atoms with E-state index in [0.717, 1.165) is 24.1 Å². The maximum absolute atomic E-state index is 2.36. The molecule has 0 saturated carbocycles. The van der Waals surface area contributed by atoms with E-state index in [-0.39, 0.29) is 0 Å². The molecule has 0 bridgehead atoms. The number of aryl methyl sites for hydroxylation is 1. The Kier molecular flexibility index (Phi) is 9.56. The standard InChI is InChI=1S/C27H39N3/c1-6-29(7-2)27-17-15-25(16-18-27)13-10-8-9-11-14-26-19-22-28(23-20-26)21-12-24-30(3,4)5/h8-11,13-20,22-23H,6-7,12,21,24H2,1-5H3/q+2. The second kappa shape index (κ2) is 12.1. The normalized spacial score (nSPS) is 12.4. The molecule has 3 nitrogen and oxygen atoms in total. The van der Waals surface area contributed by atoms with Crippen LogP contribution < -0.4 is 9.47 Å². The number of rotatable bonds is 11. The van der Waals surface area contributed by atoms with Crippen molar-refractivity contribution in [3.8, 4) is 0 Å². The van der Waals surface area contributed by atoms with Gasteiger partial charge >= 0.3 is 0 Å². The average Bonchev–Trinajstić information content (AvgIpc) is 2.72. The van der Waals surface area contributed by atoms with Crippen LogP contribution in [0.25, 0.3) is 12.2 Å². The lowest BCUT2D eigenvalue weighted by atomic mass is 10.1. The van der Waals surface area contributed by atoms with Gasteiger partial charge in [-0.15, -0.1) is 0 Å². The SMILES string of the molecule is CCN(CC)c1ccc(/C=C/C=C/C=C/c2cc[n+](CCC[N+](C)(C)C)cc2)cc1. The number of nitrogens with zero attached hydrogens (tertiary/aromatic N) is 3. The van der Waals surface area contributed by atoms with Crippen LogP contribution in [-0.2, 0) is 6.54 Å². The van der Waals surface area contributed by atoms with E-state index in [0.29, 0.717) is 0 Å². The molecule has 0 atom stereocenters. The Morgan fingerprint density at radius 2 is 1.30 bits per heavy atom. The minimum atomic E-state index is 1.02. The van der Waals surface area contributed by atoms with Gasteiger partial charge in [-0.3, -0.25) is 0 Å². The zero-order valence-electron chi connectivity index (χ0n) is 19.5. The minimum Gasteiger partial charge on any atom is -0.372 e. The molecule has 0 radical (unpaired) electrons. The Balaban J connectivity index is 1.79. The van der Waals surface area contributed by atoms with Gasteiger partial charge in [0.2, 0.25) is 0 Å². The van der Waals surface area contributed by atoms with Crippen molar-refractivity contribution in [3.05, 3.63) is 84.2 Å². The predicted octanol–water partition coefficient (Wildman–Crippen LogP) is 5.20. The first-order chi connectivity index (χ1) is 14.4. The van der Waals surface area contributed by atoms with Crippen molar-refractivity contribution in [1.29, 1.82) is 0 Å². The smallest absolute Gasteiger partial charge is 0.169 e. The molecular formula is C27H39N3+2. The Labute approximate surface area is 183 Å². The first-order valence-corrected chi connectivity index (χ1v) is 11.1. The second-order valence-corrected chi connectivity index (χ2v) is 8.60. The van der Waals surface area contributed by atoms with E-state index in [1.807, 2.05) is 0 Å². The number of hydrogen-bond donors (Lipinski definition) is 0. The zero-order chi connectivity index (χ0) is 21.8. The van der Waals surface area contributed by atoms with Gasteiger partial charge in [-0.05, 0) is 37.1 Å². The van der Waals surface area contributed by atoms with Crippen LogP contribution in [-0.4, -0.2) is 45.3 Å². The molecule has 0 spiro atoms. The lowest BCUT2D eigenvalue weighted by molar-refractivity contribution is -0.873. The topological polar surface area (TPSA) is 7.12 Å². The monoisotopic (exact) mass is 405 g/mol. The summed E-state index contributed by atoms with van der Waals surface area (Å²) < 4.78 is 3.28. The number of aromatic nitrogens is 1. The lowest BCUT2D eigenvalue weighted by Crippen LogP contribution is -2.39. The molecule has 1 heterocycles. The van der Waals surface area contributed by atoms with Gasteiger partial charge in [0.1, 0.15) is 0 Å². The minimum absolute atomic E-state index is 1.02. The van der Waals surface area contributed by atoms with Crippen molar-refractivity contribution >= 4 is 17.8 Å². The highest BCUT2D eigenvalue weighted by molar-refractivity contribution is 5.57. The van der Waals surface area contributed by atoms with Gasteiger partial charge in [0.05, 0.1) is 34.1 Å². The molecule has 0 fully saturated rings. The Morgan fingerprint density at radius 3 is 1.80 bits per heavy atom. The van der Waals surface area contributed by atoms with Crippen molar-refractivity contribution in [2.45, 2.75) is 26.8 Å². The number of anilines is 1. The van der Waals surface area contributed by atoms with Gasteiger partial charge in [0, 0.05) is 30.9 Å². The molecule has 2 aromatic rings. The molecule has 1 aromatic heterocycles. The van der Waals surface area contributed by atoms with Crippen molar-refractivity contribution in [2.75, 3.05) is 45.7 Å². The summed E-state index contributed by atoms with van der Waals surface area (Å²) in [5.74, 6) is 0. The van der Waals surface area contributed by atoms with Crippen molar-refractivity contribution in [1.82, 2.24) is 0 Å². The maximum atomic E-state index is 2.36. The molecule has 0 aliphatic rings. The average molecular weight is 406 g/mol. The van der Waals surface area contributed by atoms with Crippen molar-refractivity contribution in [2.24, 2.45) is 0 Å². The van der Waals surface area contributed by atoms with Gasteiger partial charge in [0.15, 0.2) is 18.9 Å². The van der Waals surface area contributed by atoms with Crippen molar-refractivity contribution < 1.29 is 9.05 Å². The number of allylic oxidation sites excluding steroid dienone is 4. The van der Waals surface area contributed by atoms with Gasteiger partial charge < -0.3 is 9.38 Å². The third-order valence-electron chi connectivity index (χ3n) is 5.09. The number of quaternary nitrogens is 1. The van der Waals surface area contributed by atoms with E-state index in [4.69, 9.17) is 0 Å². The summed E-state index contributed by atoms with van der Waals surface area (Å²) in [6.45, 7) is 8.72. The maximum Gasteiger partial charge on any atom is 0.169 e. The first kappa shape index (κ1) is 23.6. The molecular weight excluding hydrogens is 366 g/mol. The molecule has 1 aromatic carbocycles. The van der Waals surface area contributed by atoms with Crippen LogP contribution in [0.2, 0.25) is 0 Å². The van der Waals surface area contributed by atoms with Crippen LogP contribution in [0.15, 0.2) is 73.1 Å². The summed E-state index contributed by atoms with van der Waals surface area (Å²) in [6.07, 6.45) is 18.1. The largest absolute Gasteiger partial charge is 0.372 e. The number of benzene rings is 1. The van der Waals surface area contributed by atoms with Gasteiger partial charge in [-0.1, -0.05) is 48.6 Å². The van der Waals surface area contributed by atoms with Gasteiger partial charge in [-0.25, -0.2) is 4.57 Å². The highest BCUT2D eigenvalue weighted by atomic mass is 15.3. The molecule has 0 amide bonds.